The molecule has 3 unspecified atom stereocenters. The molecule has 2 aliphatic rings. The number of piperidine rings is 1. The highest BCUT2D eigenvalue weighted by Crippen LogP contribution is 2.39. The summed E-state index contributed by atoms with van der Waals surface area (Å²) < 4.78 is 0. The summed E-state index contributed by atoms with van der Waals surface area (Å²) in [7, 11) is 0. The number of primary amides is 1. The standard InChI is InChI=1S/C29H39N5O3/c1-4-5-6-11-31-25-16-23(18(2)13-24(25)28(30)36)29(37)33-22-14-20-8-7-12-34(26(20)15-22)27-10-9-21(17-32-27)19(3)35/h9-10,13,16-17,20,22,26,31H,4-8,11-12,14-15H2,1-3H3,(H2,30,36)(H,33,37). The second kappa shape index (κ2) is 11.8. The van der Waals surface area contributed by atoms with Crippen LogP contribution in [0.5, 0.6) is 0 Å². The van der Waals surface area contributed by atoms with Crippen LogP contribution in [0.3, 0.4) is 0 Å². The van der Waals surface area contributed by atoms with Crippen molar-refractivity contribution in [1.29, 1.82) is 0 Å². The highest BCUT2D eigenvalue weighted by molar-refractivity contribution is 6.03. The van der Waals surface area contributed by atoms with Crippen molar-refractivity contribution in [2.75, 3.05) is 23.3 Å². The van der Waals surface area contributed by atoms with Crippen molar-refractivity contribution in [1.82, 2.24) is 10.3 Å². The first-order valence-electron chi connectivity index (χ1n) is 13.5. The molecule has 2 heterocycles. The lowest BCUT2D eigenvalue weighted by Gasteiger charge is -2.38. The molecule has 2 fully saturated rings. The molecule has 37 heavy (non-hydrogen) atoms. The van der Waals surface area contributed by atoms with E-state index in [2.05, 4.69) is 27.4 Å². The topological polar surface area (TPSA) is 117 Å². The Bertz CT molecular complexity index is 1150. The Morgan fingerprint density at radius 1 is 1.14 bits per heavy atom. The van der Waals surface area contributed by atoms with Crippen LogP contribution in [0, 0.1) is 12.8 Å². The molecule has 0 bridgehead atoms. The Kier molecular flexibility index (Phi) is 8.46. The number of nitrogens with one attached hydrogen (secondary N) is 2. The molecule has 198 valence electrons. The molecule has 1 aromatic heterocycles. The Morgan fingerprint density at radius 2 is 1.95 bits per heavy atom. The van der Waals surface area contributed by atoms with Gasteiger partial charge in [0.15, 0.2) is 5.78 Å². The number of pyridine rings is 1. The smallest absolute Gasteiger partial charge is 0.251 e. The molecule has 1 saturated carbocycles. The first kappa shape index (κ1) is 26.6. The number of fused-ring (bicyclic) bond motifs is 1. The Hall–Kier alpha value is -3.42. The fraction of sp³-hybridized carbons (Fsp3) is 0.517. The lowest BCUT2D eigenvalue weighted by molar-refractivity contribution is 0.0933. The van der Waals surface area contributed by atoms with Crippen molar-refractivity contribution in [2.45, 2.75) is 77.8 Å². The number of hydrogen-bond donors (Lipinski definition) is 3. The third kappa shape index (κ3) is 6.12. The van der Waals surface area contributed by atoms with E-state index in [1.807, 2.05) is 19.1 Å². The lowest BCUT2D eigenvalue weighted by atomic mass is 9.92. The maximum Gasteiger partial charge on any atom is 0.251 e. The van der Waals surface area contributed by atoms with Crippen LogP contribution in [0.25, 0.3) is 0 Å². The first-order chi connectivity index (χ1) is 17.8. The van der Waals surface area contributed by atoms with Gasteiger partial charge in [-0.15, -0.1) is 0 Å². The van der Waals surface area contributed by atoms with Crippen LogP contribution in [0.15, 0.2) is 30.5 Å². The van der Waals surface area contributed by atoms with Gasteiger partial charge in [0.25, 0.3) is 11.8 Å². The van der Waals surface area contributed by atoms with Crippen LogP contribution in [-0.2, 0) is 0 Å². The van der Waals surface area contributed by atoms with Crippen molar-refractivity contribution in [3.63, 3.8) is 0 Å². The van der Waals surface area contributed by atoms with Crippen molar-refractivity contribution in [3.8, 4) is 0 Å². The summed E-state index contributed by atoms with van der Waals surface area (Å²) in [6.07, 6.45) is 8.84. The molecule has 4 N–H and O–H groups in total. The normalized spacial score (nSPS) is 20.8. The molecule has 8 heteroatoms. The summed E-state index contributed by atoms with van der Waals surface area (Å²) >= 11 is 0. The predicted molar refractivity (Wildman–Crippen MR) is 146 cm³/mol. The third-order valence-electron chi connectivity index (χ3n) is 7.79. The van der Waals surface area contributed by atoms with Gasteiger partial charge in [0.2, 0.25) is 0 Å². The SMILES string of the molecule is CCCCCNc1cc(C(=O)NC2CC3CCCN(c4ccc(C(C)=O)cn4)C3C2)c(C)cc1C(N)=O. The van der Waals surface area contributed by atoms with Crippen LogP contribution in [0.4, 0.5) is 11.5 Å². The number of ketones is 1. The second-order valence-electron chi connectivity index (χ2n) is 10.5. The molecule has 1 aromatic carbocycles. The van der Waals surface area contributed by atoms with Gasteiger partial charge < -0.3 is 21.3 Å². The zero-order valence-electron chi connectivity index (χ0n) is 22.2. The van der Waals surface area contributed by atoms with Crippen molar-refractivity contribution >= 4 is 29.1 Å². The average molecular weight is 506 g/mol. The zero-order valence-corrected chi connectivity index (χ0v) is 22.2. The molecule has 0 radical (unpaired) electrons. The molecular weight excluding hydrogens is 466 g/mol. The van der Waals surface area contributed by atoms with Gasteiger partial charge >= 0.3 is 0 Å². The summed E-state index contributed by atoms with van der Waals surface area (Å²) in [4.78, 5) is 43.9. The number of rotatable bonds is 10. The number of aryl methyl sites for hydroxylation is 1. The predicted octanol–water partition coefficient (Wildman–Crippen LogP) is 4.47. The van der Waals surface area contributed by atoms with Crippen molar-refractivity contribution in [3.05, 3.63) is 52.7 Å². The number of hydrogen-bond acceptors (Lipinski definition) is 6. The maximum absolute atomic E-state index is 13.4. The molecule has 0 spiro atoms. The second-order valence-corrected chi connectivity index (χ2v) is 10.5. The van der Waals surface area contributed by atoms with E-state index in [4.69, 9.17) is 5.73 Å². The number of nitrogens with zero attached hydrogens (tertiary/aromatic N) is 2. The molecule has 2 amide bonds. The van der Waals surface area contributed by atoms with Crippen LogP contribution < -0.4 is 21.3 Å². The van der Waals surface area contributed by atoms with Gasteiger partial charge in [-0.1, -0.05) is 19.8 Å². The van der Waals surface area contributed by atoms with E-state index in [-0.39, 0.29) is 17.7 Å². The minimum atomic E-state index is -0.502. The van der Waals surface area contributed by atoms with E-state index in [0.717, 1.165) is 69.4 Å². The van der Waals surface area contributed by atoms with Crippen LogP contribution in [0.2, 0.25) is 0 Å². The van der Waals surface area contributed by atoms with Gasteiger partial charge in [0.1, 0.15) is 5.82 Å². The number of Topliss-reactive ketones (excluding diaryl/α,β-unsaturated/α-hetero) is 1. The van der Waals surface area contributed by atoms with Gasteiger partial charge in [-0.3, -0.25) is 14.4 Å². The van der Waals surface area contributed by atoms with Gasteiger partial charge in [0, 0.05) is 48.2 Å². The molecule has 3 atom stereocenters. The number of unbranched alkanes of at least 4 members (excludes halogenated alkanes) is 2. The number of carbonyl (C=O) groups is 3. The molecule has 1 aliphatic carbocycles. The fourth-order valence-corrected chi connectivity index (χ4v) is 5.81. The van der Waals surface area contributed by atoms with Crippen LogP contribution in [-0.4, -0.2) is 47.8 Å². The molecule has 2 aromatic rings. The van der Waals surface area contributed by atoms with E-state index in [1.165, 1.54) is 0 Å². The van der Waals surface area contributed by atoms with Gasteiger partial charge in [-0.05, 0) is 81.7 Å². The number of amides is 2. The molecule has 1 aliphatic heterocycles. The van der Waals surface area contributed by atoms with Gasteiger partial charge in [0.05, 0.1) is 5.56 Å². The van der Waals surface area contributed by atoms with Gasteiger partial charge in [-0.2, -0.15) is 0 Å². The number of aromatic nitrogens is 1. The molecule has 1 saturated heterocycles. The number of anilines is 2. The van der Waals surface area contributed by atoms with E-state index in [0.29, 0.717) is 34.3 Å². The molecular formula is C29H39N5O3. The largest absolute Gasteiger partial charge is 0.384 e. The Balaban J connectivity index is 1.46. The lowest BCUT2D eigenvalue weighted by Crippen LogP contribution is -2.43. The Morgan fingerprint density at radius 3 is 2.62 bits per heavy atom. The zero-order chi connectivity index (χ0) is 26.5. The van der Waals surface area contributed by atoms with E-state index < -0.39 is 5.91 Å². The van der Waals surface area contributed by atoms with Crippen molar-refractivity contribution < 1.29 is 14.4 Å². The number of benzene rings is 1. The highest BCUT2D eigenvalue weighted by atomic mass is 16.2. The summed E-state index contributed by atoms with van der Waals surface area (Å²) in [6, 6.07) is 7.63. The minimum absolute atomic E-state index is 0.0117. The highest BCUT2D eigenvalue weighted by Gasteiger charge is 2.41. The number of carbonyl (C=O) groups excluding carboxylic acids is 3. The van der Waals surface area contributed by atoms with Crippen LogP contribution >= 0.6 is 0 Å². The maximum atomic E-state index is 13.4. The quantitative estimate of drug-likeness (QED) is 0.324. The van der Waals surface area contributed by atoms with Crippen LogP contribution in [0.1, 0.15) is 95.4 Å². The van der Waals surface area contributed by atoms with E-state index in [9.17, 15) is 14.4 Å². The third-order valence-corrected chi connectivity index (χ3v) is 7.79. The fourth-order valence-electron chi connectivity index (χ4n) is 5.81. The minimum Gasteiger partial charge on any atom is -0.384 e. The summed E-state index contributed by atoms with van der Waals surface area (Å²) in [5.74, 6) is 0.769. The Labute approximate surface area is 219 Å². The summed E-state index contributed by atoms with van der Waals surface area (Å²) in [5.41, 5.74) is 8.56. The van der Waals surface area contributed by atoms with E-state index >= 15 is 0 Å². The average Bonchev–Trinajstić information content (AvgIpc) is 3.29. The summed E-state index contributed by atoms with van der Waals surface area (Å²) in [6.45, 7) is 7.18. The number of nitrogens with two attached hydrogens (primary N) is 1. The van der Waals surface area contributed by atoms with E-state index in [1.54, 1.807) is 25.3 Å². The monoisotopic (exact) mass is 505 g/mol. The molecule has 4 rings (SSSR count). The molecule has 8 nitrogen and oxygen atoms in total. The first-order valence-corrected chi connectivity index (χ1v) is 13.5. The van der Waals surface area contributed by atoms with Crippen molar-refractivity contribution in [2.24, 2.45) is 11.7 Å². The summed E-state index contributed by atoms with van der Waals surface area (Å²) in [5, 5.41) is 6.57. The van der Waals surface area contributed by atoms with Gasteiger partial charge in [-0.25, -0.2) is 4.98 Å².